The summed E-state index contributed by atoms with van der Waals surface area (Å²) in [4.78, 5) is 9.51. The zero-order valence-electron chi connectivity index (χ0n) is 32.6. The predicted octanol–water partition coefficient (Wildman–Crippen LogP) is 13.0. The molecule has 3 heterocycles. The summed E-state index contributed by atoms with van der Waals surface area (Å²) in [5, 5.41) is 2.34. The van der Waals surface area contributed by atoms with Gasteiger partial charge in [0.15, 0.2) is 0 Å². The van der Waals surface area contributed by atoms with Crippen LogP contribution in [0.1, 0.15) is 51.3 Å². The van der Waals surface area contributed by atoms with Crippen LogP contribution in [0, 0.1) is 0 Å². The topological polar surface area (TPSA) is 33.5 Å². The van der Waals surface area contributed by atoms with Crippen LogP contribution in [0.5, 0.6) is 11.5 Å². The highest BCUT2D eigenvalue weighted by Crippen LogP contribution is 2.41. The maximum absolute atomic E-state index is 6.84. The van der Waals surface area contributed by atoms with E-state index in [-0.39, 0.29) is 10.8 Å². The molecule has 5 nitrogen and oxygen atoms in total. The van der Waals surface area contributed by atoms with E-state index in [4.69, 9.17) is 9.72 Å². The van der Waals surface area contributed by atoms with Gasteiger partial charge in [-0.2, -0.15) is 0 Å². The molecule has 0 bridgehead atoms. The Morgan fingerprint density at radius 2 is 1.23 bits per heavy atom. The van der Waals surface area contributed by atoms with E-state index in [0.29, 0.717) is 6.67 Å². The summed E-state index contributed by atoms with van der Waals surface area (Å²) >= 11 is 0. The minimum Gasteiger partial charge on any atom is -0.457 e. The fourth-order valence-electron chi connectivity index (χ4n) is 8.02. The quantitative estimate of drug-likeness (QED) is 0.156. The van der Waals surface area contributed by atoms with Gasteiger partial charge in [0.25, 0.3) is 0 Å². The molecule has 8 aromatic rings. The standard InChI is InChI=1S/C51H46N4O/c1-50(2,3)39-26-27-52-49(32-39)55-46-22-14-12-20-43(46)44-25-24-41(34-48(44)55)56-42-31-37(36-16-8-6-9-17-36)30-40(33-42)53-28-29-54(35-53)47-23-15-13-21-45(47)51(4,5)38-18-10-7-11-19-38/h6-34H,35H2,1-5H3. The van der Waals surface area contributed by atoms with Gasteiger partial charge in [0.1, 0.15) is 17.3 Å². The van der Waals surface area contributed by atoms with Crippen LogP contribution in [0.2, 0.25) is 0 Å². The minimum atomic E-state index is -0.175. The number of rotatable bonds is 8. The molecule has 0 aliphatic carbocycles. The van der Waals surface area contributed by atoms with Crippen LogP contribution in [-0.4, -0.2) is 16.2 Å². The predicted molar refractivity (Wildman–Crippen MR) is 233 cm³/mol. The van der Waals surface area contributed by atoms with Gasteiger partial charge in [-0.05, 0) is 81.8 Å². The van der Waals surface area contributed by atoms with Crippen LogP contribution >= 0.6 is 0 Å². The van der Waals surface area contributed by atoms with Gasteiger partial charge in [-0.3, -0.25) is 4.57 Å². The van der Waals surface area contributed by atoms with E-state index in [9.17, 15) is 0 Å². The number of benzene rings is 6. The number of ether oxygens (including phenoxy) is 1. The Hall–Kier alpha value is -6.59. The molecule has 6 aromatic carbocycles. The van der Waals surface area contributed by atoms with E-state index < -0.39 is 0 Å². The molecule has 276 valence electrons. The number of para-hydroxylation sites is 2. The smallest absolute Gasteiger partial charge is 0.137 e. The lowest BCUT2D eigenvalue weighted by Gasteiger charge is -2.32. The van der Waals surface area contributed by atoms with E-state index in [2.05, 4.69) is 219 Å². The third-order valence-electron chi connectivity index (χ3n) is 11.2. The average Bonchev–Trinajstić information content (AvgIpc) is 3.85. The summed E-state index contributed by atoms with van der Waals surface area (Å²) in [6.45, 7) is 12.0. The molecular weight excluding hydrogens is 685 g/mol. The first kappa shape index (κ1) is 35.1. The molecule has 0 fully saturated rings. The third kappa shape index (κ3) is 6.49. The molecule has 0 radical (unpaired) electrons. The van der Waals surface area contributed by atoms with Crippen molar-refractivity contribution in [2.45, 2.75) is 45.4 Å². The summed E-state index contributed by atoms with van der Waals surface area (Å²) in [6.07, 6.45) is 6.28. The molecule has 0 unspecified atom stereocenters. The second-order valence-electron chi connectivity index (χ2n) is 16.3. The Labute approximate surface area is 329 Å². The van der Waals surface area contributed by atoms with Gasteiger partial charge in [-0.25, -0.2) is 4.98 Å². The number of anilines is 2. The van der Waals surface area contributed by atoms with Crippen LogP contribution in [0.15, 0.2) is 176 Å². The second kappa shape index (κ2) is 13.9. The van der Waals surface area contributed by atoms with Crippen molar-refractivity contribution >= 4 is 33.2 Å². The normalized spacial score (nSPS) is 13.2. The lowest BCUT2D eigenvalue weighted by molar-refractivity contribution is 0.483. The molecule has 9 rings (SSSR count). The number of fused-ring (bicyclic) bond motifs is 3. The van der Waals surface area contributed by atoms with Gasteiger partial charge in [0.05, 0.1) is 17.7 Å². The molecule has 5 heteroatoms. The zero-order valence-corrected chi connectivity index (χ0v) is 32.6. The first-order valence-electron chi connectivity index (χ1n) is 19.4. The van der Waals surface area contributed by atoms with Gasteiger partial charge < -0.3 is 14.5 Å². The first-order valence-corrected chi connectivity index (χ1v) is 19.4. The molecule has 0 spiro atoms. The highest BCUT2D eigenvalue weighted by Gasteiger charge is 2.29. The van der Waals surface area contributed by atoms with Crippen LogP contribution in [0.3, 0.4) is 0 Å². The molecule has 2 aromatic heterocycles. The number of pyridine rings is 1. The first-order chi connectivity index (χ1) is 27.1. The van der Waals surface area contributed by atoms with Crippen LogP contribution in [0.4, 0.5) is 11.4 Å². The molecule has 0 saturated carbocycles. The number of hydrogen-bond acceptors (Lipinski definition) is 4. The summed E-state index contributed by atoms with van der Waals surface area (Å²) in [7, 11) is 0. The number of aromatic nitrogens is 2. The van der Waals surface area contributed by atoms with E-state index in [0.717, 1.165) is 50.6 Å². The van der Waals surface area contributed by atoms with Crippen molar-refractivity contribution in [3.8, 4) is 28.4 Å². The van der Waals surface area contributed by atoms with Crippen molar-refractivity contribution in [2.75, 3.05) is 16.5 Å². The number of hydrogen-bond donors (Lipinski definition) is 0. The zero-order chi connectivity index (χ0) is 38.4. The summed E-state index contributed by atoms with van der Waals surface area (Å²) in [5.74, 6) is 2.43. The molecule has 1 aliphatic heterocycles. The van der Waals surface area contributed by atoms with Crippen molar-refractivity contribution < 1.29 is 4.74 Å². The van der Waals surface area contributed by atoms with E-state index in [1.807, 2.05) is 6.20 Å². The maximum atomic E-state index is 6.84. The van der Waals surface area contributed by atoms with Gasteiger partial charge in [0, 0.05) is 58.3 Å². The SMILES string of the molecule is CC(C)(C)c1ccnc(-n2c3ccccc3c3ccc(Oc4cc(-c5ccccc5)cc(N5C=CN(c6ccccc6C(C)(C)c6ccccc6)C5)c4)cc32)c1. The van der Waals surface area contributed by atoms with Crippen molar-refractivity contribution in [1.29, 1.82) is 0 Å². The van der Waals surface area contributed by atoms with Gasteiger partial charge >= 0.3 is 0 Å². The Morgan fingerprint density at radius 3 is 2.04 bits per heavy atom. The van der Waals surface area contributed by atoms with Crippen molar-refractivity contribution in [1.82, 2.24) is 9.55 Å². The van der Waals surface area contributed by atoms with E-state index in [1.54, 1.807) is 0 Å². The lowest BCUT2D eigenvalue weighted by atomic mass is 9.77. The van der Waals surface area contributed by atoms with Gasteiger partial charge in [-0.1, -0.05) is 132 Å². The van der Waals surface area contributed by atoms with Crippen molar-refractivity contribution in [3.63, 3.8) is 0 Å². The van der Waals surface area contributed by atoms with Crippen LogP contribution in [-0.2, 0) is 10.8 Å². The van der Waals surface area contributed by atoms with Gasteiger partial charge in [0.2, 0.25) is 0 Å². The molecular formula is C51H46N4O. The van der Waals surface area contributed by atoms with E-state index in [1.165, 1.54) is 27.8 Å². The monoisotopic (exact) mass is 730 g/mol. The summed E-state index contributed by atoms with van der Waals surface area (Å²) in [6, 6.07) is 55.9. The Bertz CT molecular complexity index is 2720. The lowest BCUT2D eigenvalue weighted by Crippen LogP contribution is -2.28. The average molecular weight is 731 g/mol. The molecule has 56 heavy (non-hydrogen) atoms. The molecule has 0 amide bonds. The fourth-order valence-corrected chi connectivity index (χ4v) is 8.02. The molecule has 0 saturated heterocycles. The Kier molecular flexibility index (Phi) is 8.73. The van der Waals surface area contributed by atoms with Crippen molar-refractivity contribution in [2.24, 2.45) is 0 Å². The largest absolute Gasteiger partial charge is 0.457 e. The van der Waals surface area contributed by atoms with Crippen LogP contribution in [0.25, 0.3) is 38.8 Å². The third-order valence-corrected chi connectivity index (χ3v) is 11.2. The molecule has 1 aliphatic rings. The summed E-state index contributed by atoms with van der Waals surface area (Å²) in [5.41, 5.74) is 10.3. The van der Waals surface area contributed by atoms with Crippen molar-refractivity contribution in [3.05, 3.63) is 193 Å². The molecule has 0 N–H and O–H groups in total. The fraction of sp³-hybridized carbons (Fsp3) is 0.157. The number of nitrogens with zero attached hydrogens (tertiary/aromatic N) is 4. The molecule has 0 atom stereocenters. The van der Waals surface area contributed by atoms with Crippen LogP contribution < -0.4 is 14.5 Å². The summed E-state index contributed by atoms with van der Waals surface area (Å²) < 4.78 is 9.10. The highest BCUT2D eigenvalue weighted by atomic mass is 16.5. The highest BCUT2D eigenvalue weighted by molar-refractivity contribution is 6.09. The van der Waals surface area contributed by atoms with Gasteiger partial charge in [-0.15, -0.1) is 0 Å². The van der Waals surface area contributed by atoms with E-state index >= 15 is 0 Å². The Balaban J connectivity index is 1.08. The maximum Gasteiger partial charge on any atom is 0.137 e. The Morgan fingerprint density at radius 1 is 0.536 bits per heavy atom. The minimum absolute atomic E-state index is 0.00407. The second-order valence-corrected chi connectivity index (χ2v) is 16.3.